The van der Waals surface area contributed by atoms with Gasteiger partial charge in [0.15, 0.2) is 5.78 Å². The Balaban J connectivity index is 0.000000181. The summed E-state index contributed by atoms with van der Waals surface area (Å²) in [5, 5.41) is 17.5. The van der Waals surface area contributed by atoms with Gasteiger partial charge in [0.25, 0.3) is 0 Å². The highest BCUT2D eigenvalue weighted by Crippen LogP contribution is 2.09. The number of para-hydroxylation sites is 1. The zero-order valence-electron chi connectivity index (χ0n) is 9.50. The Labute approximate surface area is 100.0 Å². The summed E-state index contributed by atoms with van der Waals surface area (Å²) in [6.07, 6.45) is 0. The largest absolute Gasteiger partial charge is 0.508 e. The van der Waals surface area contributed by atoms with Crippen molar-refractivity contribution in [1.82, 2.24) is 0 Å². The van der Waals surface area contributed by atoms with Crippen LogP contribution in [0.3, 0.4) is 0 Å². The lowest BCUT2D eigenvalue weighted by atomic mass is 10.1. The molecule has 0 unspecified atom stereocenters. The maximum absolute atomic E-state index is 10.7. The average Bonchev–Trinajstić information content (AvgIpc) is 2.31. The number of ketones is 1. The van der Waals surface area contributed by atoms with Crippen LogP contribution in [0, 0.1) is 0 Å². The maximum atomic E-state index is 10.7. The predicted molar refractivity (Wildman–Crippen MR) is 66.2 cm³/mol. The molecule has 3 heteroatoms. The van der Waals surface area contributed by atoms with Crippen LogP contribution in [0.4, 0.5) is 0 Å². The van der Waals surface area contributed by atoms with E-state index in [1.54, 1.807) is 36.4 Å². The minimum Gasteiger partial charge on any atom is -0.508 e. The Morgan fingerprint density at radius 3 is 1.65 bits per heavy atom. The van der Waals surface area contributed by atoms with Crippen molar-refractivity contribution in [3.8, 4) is 11.5 Å². The molecule has 2 rings (SSSR count). The van der Waals surface area contributed by atoms with E-state index >= 15 is 0 Å². The van der Waals surface area contributed by atoms with Crippen molar-refractivity contribution in [2.45, 2.75) is 6.92 Å². The molecular weight excluding hydrogens is 216 g/mol. The number of carbonyl (C=O) groups excluding carboxylic acids is 1. The molecule has 0 radical (unpaired) electrons. The van der Waals surface area contributed by atoms with E-state index in [0.717, 1.165) is 0 Å². The van der Waals surface area contributed by atoms with Gasteiger partial charge in [-0.1, -0.05) is 18.2 Å². The Morgan fingerprint density at radius 1 is 0.824 bits per heavy atom. The Morgan fingerprint density at radius 2 is 1.29 bits per heavy atom. The van der Waals surface area contributed by atoms with E-state index in [-0.39, 0.29) is 11.5 Å². The molecule has 0 spiro atoms. The molecule has 0 heterocycles. The number of phenols is 2. The van der Waals surface area contributed by atoms with Gasteiger partial charge in [-0.25, -0.2) is 0 Å². The molecule has 17 heavy (non-hydrogen) atoms. The summed E-state index contributed by atoms with van der Waals surface area (Å²) in [4.78, 5) is 10.7. The van der Waals surface area contributed by atoms with Gasteiger partial charge in [-0.15, -0.1) is 0 Å². The molecule has 88 valence electrons. The normalized spacial score (nSPS) is 9.00. The van der Waals surface area contributed by atoms with Crippen molar-refractivity contribution < 1.29 is 15.0 Å². The third-order valence-electron chi connectivity index (χ3n) is 2.03. The van der Waals surface area contributed by atoms with Gasteiger partial charge in [0, 0.05) is 5.56 Å². The van der Waals surface area contributed by atoms with Gasteiger partial charge in [-0.2, -0.15) is 0 Å². The van der Waals surface area contributed by atoms with Gasteiger partial charge in [0.05, 0.1) is 0 Å². The highest BCUT2D eigenvalue weighted by Gasteiger charge is 1.96. The summed E-state index contributed by atoms with van der Waals surface area (Å²) in [7, 11) is 0. The second-order valence-corrected chi connectivity index (χ2v) is 3.44. The molecule has 2 aromatic carbocycles. The highest BCUT2D eigenvalue weighted by molar-refractivity contribution is 5.94. The van der Waals surface area contributed by atoms with Crippen LogP contribution in [0.5, 0.6) is 11.5 Å². The molecular formula is C14H14O3. The summed E-state index contributed by atoms with van der Waals surface area (Å²) in [6, 6.07) is 14.9. The molecule has 0 bridgehead atoms. The monoisotopic (exact) mass is 230 g/mol. The summed E-state index contributed by atoms with van der Waals surface area (Å²) in [5.41, 5.74) is 0.623. The molecule has 3 nitrogen and oxygen atoms in total. The number of Topliss-reactive ketones (excluding diaryl/α,β-unsaturated/α-hetero) is 1. The van der Waals surface area contributed by atoms with Crippen molar-refractivity contribution in [3.05, 3.63) is 60.2 Å². The van der Waals surface area contributed by atoms with Gasteiger partial charge in [0.1, 0.15) is 11.5 Å². The quantitative estimate of drug-likeness (QED) is 0.740. The first-order chi connectivity index (χ1) is 8.09. The number of hydrogen-bond acceptors (Lipinski definition) is 3. The lowest BCUT2D eigenvalue weighted by Crippen LogP contribution is -1.89. The van der Waals surface area contributed by atoms with Crippen molar-refractivity contribution in [1.29, 1.82) is 0 Å². The maximum Gasteiger partial charge on any atom is 0.159 e. The van der Waals surface area contributed by atoms with Gasteiger partial charge in [-0.05, 0) is 43.3 Å². The second-order valence-electron chi connectivity index (χ2n) is 3.44. The molecule has 2 aromatic rings. The molecule has 0 fully saturated rings. The fraction of sp³-hybridized carbons (Fsp3) is 0.0714. The van der Waals surface area contributed by atoms with Crippen molar-refractivity contribution in [2.75, 3.05) is 0 Å². The van der Waals surface area contributed by atoms with Gasteiger partial charge in [0.2, 0.25) is 0 Å². The molecule has 0 aliphatic carbocycles. The predicted octanol–water partition coefficient (Wildman–Crippen LogP) is 2.99. The van der Waals surface area contributed by atoms with Crippen LogP contribution in [0.2, 0.25) is 0 Å². The molecule has 0 aliphatic rings. The van der Waals surface area contributed by atoms with Gasteiger partial charge in [-0.3, -0.25) is 4.79 Å². The Kier molecular flexibility index (Phi) is 4.76. The van der Waals surface area contributed by atoms with E-state index < -0.39 is 0 Å². The van der Waals surface area contributed by atoms with Crippen LogP contribution in [0.25, 0.3) is 0 Å². The lowest BCUT2D eigenvalue weighted by molar-refractivity contribution is 0.101. The smallest absolute Gasteiger partial charge is 0.159 e. The first-order valence-electron chi connectivity index (χ1n) is 5.13. The Bertz CT molecular complexity index is 461. The van der Waals surface area contributed by atoms with Gasteiger partial charge >= 0.3 is 0 Å². The van der Waals surface area contributed by atoms with Crippen molar-refractivity contribution in [3.63, 3.8) is 0 Å². The van der Waals surface area contributed by atoms with E-state index in [1.165, 1.54) is 19.1 Å². The van der Waals surface area contributed by atoms with Crippen LogP contribution in [0.15, 0.2) is 54.6 Å². The number of hydrogen-bond donors (Lipinski definition) is 2. The number of aromatic hydroxyl groups is 2. The molecule has 0 aliphatic heterocycles. The van der Waals surface area contributed by atoms with E-state index in [9.17, 15) is 4.79 Å². The average molecular weight is 230 g/mol. The highest BCUT2D eigenvalue weighted by atomic mass is 16.3. The zero-order valence-corrected chi connectivity index (χ0v) is 9.50. The fourth-order valence-corrected chi connectivity index (χ4v) is 1.12. The van der Waals surface area contributed by atoms with E-state index in [1.807, 2.05) is 6.07 Å². The zero-order chi connectivity index (χ0) is 12.7. The molecule has 0 amide bonds. The molecule has 0 atom stereocenters. The van der Waals surface area contributed by atoms with Crippen molar-refractivity contribution >= 4 is 5.78 Å². The van der Waals surface area contributed by atoms with Crippen molar-refractivity contribution in [2.24, 2.45) is 0 Å². The molecule has 0 saturated carbocycles. The minimum absolute atomic E-state index is 0.0139. The standard InChI is InChI=1S/C8H8O2.C6H6O/c1-6(9)7-2-4-8(10)5-3-7;7-6-4-2-1-3-5-6/h2-5,10H,1H3;1-5,7H. The van der Waals surface area contributed by atoms with E-state index in [4.69, 9.17) is 10.2 Å². The number of benzene rings is 2. The van der Waals surface area contributed by atoms with Crippen LogP contribution in [0.1, 0.15) is 17.3 Å². The number of phenolic OH excluding ortho intramolecular Hbond substituents is 2. The topological polar surface area (TPSA) is 57.5 Å². The number of carbonyl (C=O) groups is 1. The fourth-order valence-electron chi connectivity index (χ4n) is 1.12. The summed E-state index contributed by atoms with van der Waals surface area (Å²) in [6.45, 7) is 1.49. The first-order valence-corrected chi connectivity index (χ1v) is 5.13. The van der Waals surface area contributed by atoms with Gasteiger partial charge < -0.3 is 10.2 Å². The molecule has 0 saturated heterocycles. The Hall–Kier alpha value is -2.29. The third-order valence-corrected chi connectivity index (χ3v) is 2.03. The first kappa shape index (κ1) is 12.8. The minimum atomic E-state index is 0.0139. The van der Waals surface area contributed by atoms with Crippen LogP contribution in [-0.2, 0) is 0 Å². The summed E-state index contributed by atoms with van der Waals surface area (Å²) >= 11 is 0. The molecule has 2 N–H and O–H groups in total. The van der Waals surface area contributed by atoms with Crippen LogP contribution in [-0.4, -0.2) is 16.0 Å². The number of rotatable bonds is 1. The van der Waals surface area contributed by atoms with E-state index in [2.05, 4.69) is 0 Å². The SMILES string of the molecule is CC(=O)c1ccc(O)cc1.Oc1ccccc1. The molecule has 0 aromatic heterocycles. The lowest BCUT2D eigenvalue weighted by Gasteiger charge is -1.93. The summed E-state index contributed by atoms with van der Waals surface area (Å²) in [5.74, 6) is 0.521. The van der Waals surface area contributed by atoms with Crippen LogP contribution < -0.4 is 0 Å². The summed E-state index contributed by atoms with van der Waals surface area (Å²) < 4.78 is 0. The van der Waals surface area contributed by atoms with Crippen LogP contribution >= 0.6 is 0 Å². The third kappa shape index (κ3) is 4.84. The van der Waals surface area contributed by atoms with E-state index in [0.29, 0.717) is 11.3 Å². The second kappa shape index (κ2) is 6.33.